The zero-order valence-electron chi connectivity index (χ0n) is 13.8. The van der Waals surface area contributed by atoms with Crippen LogP contribution in [0.2, 0.25) is 5.15 Å². The first-order valence-corrected chi connectivity index (χ1v) is 8.58. The summed E-state index contributed by atoms with van der Waals surface area (Å²) in [6.07, 6.45) is 4.94. The number of anilines is 3. The van der Waals surface area contributed by atoms with E-state index in [0.29, 0.717) is 26.8 Å². The van der Waals surface area contributed by atoms with Gasteiger partial charge in [-0.05, 0) is 31.9 Å². The van der Waals surface area contributed by atoms with Gasteiger partial charge in [0.1, 0.15) is 21.7 Å². The second-order valence-electron chi connectivity index (χ2n) is 5.38. The topological polar surface area (TPSA) is 92.7 Å². The van der Waals surface area contributed by atoms with E-state index in [0.717, 1.165) is 16.8 Å². The summed E-state index contributed by atoms with van der Waals surface area (Å²) in [4.78, 5) is 29.5. The predicted octanol–water partition coefficient (Wildman–Crippen LogP) is 3.90. The summed E-state index contributed by atoms with van der Waals surface area (Å²) in [5.74, 6) is 0.854. The van der Waals surface area contributed by atoms with Crippen LogP contribution in [0.4, 0.5) is 16.6 Å². The lowest BCUT2D eigenvalue weighted by Gasteiger charge is -2.09. The Bertz CT molecular complexity index is 902. The van der Waals surface area contributed by atoms with Crippen LogP contribution in [0.1, 0.15) is 26.6 Å². The van der Waals surface area contributed by atoms with E-state index in [1.54, 1.807) is 25.4 Å². The summed E-state index contributed by atoms with van der Waals surface area (Å²) >= 11 is 7.14. The van der Waals surface area contributed by atoms with Crippen molar-refractivity contribution in [2.24, 2.45) is 0 Å². The van der Waals surface area contributed by atoms with Gasteiger partial charge in [0.25, 0.3) is 5.91 Å². The second-order valence-corrected chi connectivity index (χ2v) is 6.80. The first-order valence-electron chi connectivity index (χ1n) is 7.39. The van der Waals surface area contributed by atoms with Crippen LogP contribution < -0.4 is 10.6 Å². The van der Waals surface area contributed by atoms with Gasteiger partial charge in [0.15, 0.2) is 5.13 Å². The van der Waals surface area contributed by atoms with Gasteiger partial charge in [-0.3, -0.25) is 9.78 Å². The molecule has 0 saturated heterocycles. The highest BCUT2D eigenvalue weighted by molar-refractivity contribution is 7.17. The maximum absolute atomic E-state index is 12.5. The normalized spacial score (nSPS) is 10.6. The molecule has 3 heterocycles. The summed E-state index contributed by atoms with van der Waals surface area (Å²) in [5, 5.41) is 6.82. The SMILES string of the molecule is Cc1nc(Cl)cc(Nc2ncc(C(=O)Nc3c(C)cncc3C)s2)n1. The van der Waals surface area contributed by atoms with Crippen molar-refractivity contribution in [3.63, 3.8) is 0 Å². The molecule has 0 aromatic carbocycles. The van der Waals surface area contributed by atoms with Crippen LogP contribution in [0.5, 0.6) is 0 Å². The number of rotatable bonds is 4. The smallest absolute Gasteiger partial charge is 0.267 e. The van der Waals surface area contributed by atoms with E-state index >= 15 is 0 Å². The molecule has 0 saturated carbocycles. The van der Waals surface area contributed by atoms with Gasteiger partial charge in [0.2, 0.25) is 0 Å². The Hall–Kier alpha value is -2.58. The minimum Gasteiger partial charge on any atom is -0.321 e. The molecule has 0 aliphatic rings. The zero-order valence-corrected chi connectivity index (χ0v) is 15.4. The van der Waals surface area contributed by atoms with Crippen molar-refractivity contribution in [1.29, 1.82) is 0 Å². The van der Waals surface area contributed by atoms with Gasteiger partial charge in [-0.15, -0.1) is 0 Å². The fourth-order valence-electron chi connectivity index (χ4n) is 2.22. The van der Waals surface area contributed by atoms with Gasteiger partial charge >= 0.3 is 0 Å². The molecule has 3 aromatic rings. The summed E-state index contributed by atoms with van der Waals surface area (Å²) in [6, 6.07) is 1.60. The summed E-state index contributed by atoms with van der Waals surface area (Å²) in [7, 11) is 0. The van der Waals surface area contributed by atoms with Crippen molar-refractivity contribution in [3.05, 3.63) is 51.6 Å². The summed E-state index contributed by atoms with van der Waals surface area (Å²) < 4.78 is 0. The third-order valence-electron chi connectivity index (χ3n) is 3.33. The molecule has 0 fully saturated rings. The minimum atomic E-state index is -0.222. The molecule has 7 nitrogen and oxygen atoms in total. The molecule has 2 N–H and O–H groups in total. The third kappa shape index (κ3) is 4.09. The molecular weight excluding hydrogens is 360 g/mol. The Morgan fingerprint density at radius 2 is 1.84 bits per heavy atom. The van der Waals surface area contributed by atoms with Gasteiger partial charge in [-0.2, -0.15) is 0 Å². The van der Waals surface area contributed by atoms with Gasteiger partial charge in [-0.25, -0.2) is 15.0 Å². The monoisotopic (exact) mass is 374 g/mol. The van der Waals surface area contributed by atoms with E-state index in [1.807, 2.05) is 13.8 Å². The molecule has 128 valence electrons. The average molecular weight is 375 g/mol. The number of aryl methyl sites for hydroxylation is 3. The van der Waals surface area contributed by atoms with Gasteiger partial charge in [-0.1, -0.05) is 22.9 Å². The molecule has 0 atom stereocenters. The van der Waals surface area contributed by atoms with E-state index in [4.69, 9.17) is 11.6 Å². The van der Waals surface area contributed by atoms with Crippen molar-refractivity contribution in [1.82, 2.24) is 19.9 Å². The first-order chi connectivity index (χ1) is 11.9. The molecule has 0 bridgehead atoms. The van der Waals surface area contributed by atoms with E-state index < -0.39 is 0 Å². The Labute approximate surface area is 153 Å². The Balaban J connectivity index is 1.75. The molecule has 0 aliphatic carbocycles. The fraction of sp³-hybridized carbons (Fsp3) is 0.188. The van der Waals surface area contributed by atoms with Crippen LogP contribution in [0.25, 0.3) is 0 Å². The number of thiazole rings is 1. The number of hydrogen-bond acceptors (Lipinski definition) is 7. The quantitative estimate of drug-likeness (QED) is 0.673. The van der Waals surface area contributed by atoms with Crippen LogP contribution in [-0.4, -0.2) is 25.8 Å². The lowest BCUT2D eigenvalue weighted by molar-refractivity contribution is 0.103. The molecule has 0 unspecified atom stereocenters. The number of nitrogens with zero attached hydrogens (tertiary/aromatic N) is 4. The number of nitrogens with one attached hydrogen (secondary N) is 2. The zero-order chi connectivity index (χ0) is 18.0. The highest BCUT2D eigenvalue weighted by Gasteiger charge is 2.14. The Kier molecular flexibility index (Phi) is 4.91. The predicted molar refractivity (Wildman–Crippen MR) is 98.8 cm³/mol. The summed E-state index contributed by atoms with van der Waals surface area (Å²) in [6.45, 7) is 5.55. The Morgan fingerprint density at radius 1 is 1.12 bits per heavy atom. The largest absolute Gasteiger partial charge is 0.321 e. The van der Waals surface area contributed by atoms with Gasteiger partial charge in [0, 0.05) is 24.1 Å². The molecule has 0 aliphatic heterocycles. The molecular formula is C16H15ClN6OS. The van der Waals surface area contributed by atoms with E-state index in [9.17, 15) is 4.79 Å². The lowest BCUT2D eigenvalue weighted by atomic mass is 10.2. The highest BCUT2D eigenvalue weighted by Crippen LogP contribution is 2.25. The number of carbonyl (C=O) groups is 1. The molecule has 0 spiro atoms. The molecule has 1 amide bonds. The van der Waals surface area contributed by atoms with E-state index in [1.165, 1.54) is 17.5 Å². The second kappa shape index (κ2) is 7.12. The van der Waals surface area contributed by atoms with Crippen molar-refractivity contribution in [3.8, 4) is 0 Å². The van der Waals surface area contributed by atoms with Crippen LogP contribution in [-0.2, 0) is 0 Å². The van der Waals surface area contributed by atoms with Crippen LogP contribution >= 0.6 is 22.9 Å². The van der Waals surface area contributed by atoms with Gasteiger partial charge < -0.3 is 10.6 Å². The number of amides is 1. The minimum absolute atomic E-state index is 0.222. The van der Waals surface area contributed by atoms with Crippen LogP contribution in [0.3, 0.4) is 0 Å². The van der Waals surface area contributed by atoms with E-state index in [2.05, 4.69) is 30.6 Å². The molecule has 25 heavy (non-hydrogen) atoms. The first kappa shape index (κ1) is 17.2. The van der Waals surface area contributed by atoms with Crippen LogP contribution in [0.15, 0.2) is 24.7 Å². The molecule has 3 aromatic heterocycles. The number of halogens is 1. The van der Waals surface area contributed by atoms with Crippen LogP contribution in [0, 0.1) is 20.8 Å². The standard InChI is InChI=1S/C16H15ClN6OS/c1-8-5-18-6-9(2)14(8)23-15(24)11-7-19-16(25-11)22-13-4-12(17)20-10(3)21-13/h4-7H,1-3H3,(H,18,23,24)(H,19,20,21,22). The maximum Gasteiger partial charge on any atom is 0.267 e. The van der Waals surface area contributed by atoms with E-state index in [-0.39, 0.29) is 5.91 Å². The van der Waals surface area contributed by atoms with Crippen molar-refractivity contribution in [2.75, 3.05) is 10.6 Å². The maximum atomic E-state index is 12.5. The average Bonchev–Trinajstić information content (AvgIpc) is 2.98. The van der Waals surface area contributed by atoms with Crippen molar-refractivity contribution < 1.29 is 4.79 Å². The third-order valence-corrected chi connectivity index (χ3v) is 4.44. The summed E-state index contributed by atoms with van der Waals surface area (Å²) in [5.41, 5.74) is 2.57. The van der Waals surface area contributed by atoms with Crippen molar-refractivity contribution in [2.45, 2.75) is 20.8 Å². The highest BCUT2D eigenvalue weighted by atomic mass is 35.5. The van der Waals surface area contributed by atoms with Gasteiger partial charge in [0.05, 0.1) is 6.20 Å². The molecule has 3 rings (SSSR count). The Morgan fingerprint density at radius 3 is 2.52 bits per heavy atom. The lowest BCUT2D eigenvalue weighted by Crippen LogP contribution is -2.12. The molecule has 0 radical (unpaired) electrons. The number of pyridine rings is 1. The fourth-order valence-corrected chi connectivity index (χ4v) is 3.16. The molecule has 9 heteroatoms. The number of aromatic nitrogens is 4. The number of hydrogen-bond donors (Lipinski definition) is 2. The number of carbonyl (C=O) groups excluding carboxylic acids is 1. The van der Waals surface area contributed by atoms with Crippen molar-refractivity contribution >= 4 is 45.5 Å².